The molecule has 7 heteroatoms. The van der Waals surface area contributed by atoms with Crippen molar-refractivity contribution in [2.45, 2.75) is 25.2 Å². The van der Waals surface area contributed by atoms with Crippen LogP contribution in [0, 0.1) is 5.82 Å². The second kappa shape index (κ2) is 6.22. The number of hydrogen-bond donors (Lipinski definition) is 0. The zero-order valence-electron chi connectivity index (χ0n) is 11.6. The summed E-state index contributed by atoms with van der Waals surface area (Å²) in [4.78, 5) is 0. The Kier molecular flexibility index (Phi) is 4.68. The molecular formula is C16H11F7. The standard InChI is InChI=1S/C16H11F7/c17-14-7-12(6-13(8-14)16(21,22)23)5-10-2-1-3-11(4-10)9-15(18,19)20/h1-4,6-8H,5,9H2. The lowest BCUT2D eigenvalue weighted by Crippen LogP contribution is -2.11. The highest BCUT2D eigenvalue weighted by Crippen LogP contribution is 2.31. The third-order valence-corrected chi connectivity index (χ3v) is 3.09. The van der Waals surface area contributed by atoms with Crippen LogP contribution < -0.4 is 0 Å². The lowest BCUT2D eigenvalue weighted by atomic mass is 10.00. The van der Waals surface area contributed by atoms with Crippen LogP contribution in [0.5, 0.6) is 0 Å². The van der Waals surface area contributed by atoms with Crippen LogP contribution in [0.3, 0.4) is 0 Å². The van der Waals surface area contributed by atoms with E-state index in [1.165, 1.54) is 24.3 Å². The Morgan fingerprint density at radius 3 is 2.00 bits per heavy atom. The Morgan fingerprint density at radius 1 is 0.739 bits per heavy atom. The molecule has 0 unspecified atom stereocenters. The molecule has 0 atom stereocenters. The molecule has 0 spiro atoms. The minimum absolute atomic E-state index is 0.00227. The van der Waals surface area contributed by atoms with Gasteiger partial charge in [-0.2, -0.15) is 26.3 Å². The van der Waals surface area contributed by atoms with Gasteiger partial charge < -0.3 is 0 Å². The summed E-state index contributed by atoms with van der Waals surface area (Å²) in [6, 6.07) is 7.52. The van der Waals surface area contributed by atoms with E-state index in [1.54, 1.807) is 0 Å². The molecule has 0 aliphatic heterocycles. The second-order valence-electron chi connectivity index (χ2n) is 5.13. The third kappa shape index (κ3) is 5.26. The molecule has 2 aromatic rings. The molecule has 0 heterocycles. The molecule has 124 valence electrons. The predicted octanol–water partition coefficient (Wildman–Crippen LogP) is 5.54. The zero-order chi connectivity index (χ0) is 17.3. The third-order valence-electron chi connectivity index (χ3n) is 3.09. The Morgan fingerprint density at radius 2 is 1.39 bits per heavy atom. The van der Waals surface area contributed by atoms with Gasteiger partial charge in [-0.1, -0.05) is 24.3 Å². The minimum atomic E-state index is -4.69. The van der Waals surface area contributed by atoms with E-state index in [0.29, 0.717) is 11.6 Å². The highest BCUT2D eigenvalue weighted by molar-refractivity contribution is 5.33. The van der Waals surface area contributed by atoms with Crippen molar-refractivity contribution in [3.8, 4) is 0 Å². The van der Waals surface area contributed by atoms with Crippen molar-refractivity contribution in [2.75, 3.05) is 0 Å². The van der Waals surface area contributed by atoms with Gasteiger partial charge in [-0.15, -0.1) is 0 Å². The SMILES string of the molecule is Fc1cc(Cc2cccc(CC(F)(F)F)c2)cc(C(F)(F)F)c1. The largest absolute Gasteiger partial charge is 0.416 e. The van der Waals surface area contributed by atoms with E-state index < -0.39 is 30.2 Å². The van der Waals surface area contributed by atoms with Crippen molar-refractivity contribution in [1.82, 2.24) is 0 Å². The molecule has 0 aromatic heterocycles. The van der Waals surface area contributed by atoms with Crippen LogP contribution in [-0.2, 0) is 19.0 Å². The van der Waals surface area contributed by atoms with Crippen molar-refractivity contribution >= 4 is 0 Å². The zero-order valence-corrected chi connectivity index (χ0v) is 11.6. The summed E-state index contributed by atoms with van der Waals surface area (Å²) in [5, 5.41) is 0. The van der Waals surface area contributed by atoms with Crippen LogP contribution in [0.25, 0.3) is 0 Å². The van der Waals surface area contributed by atoms with Gasteiger partial charge in [0.15, 0.2) is 0 Å². The van der Waals surface area contributed by atoms with Crippen molar-refractivity contribution in [3.63, 3.8) is 0 Å². The van der Waals surface area contributed by atoms with Gasteiger partial charge in [-0.3, -0.25) is 0 Å². The highest BCUT2D eigenvalue weighted by Gasteiger charge is 2.31. The Bertz CT molecular complexity index is 684. The van der Waals surface area contributed by atoms with Crippen LogP contribution in [-0.4, -0.2) is 6.18 Å². The number of benzene rings is 2. The fourth-order valence-corrected chi connectivity index (χ4v) is 2.23. The molecule has 0 aliphatic carbocycles. The fourth-order valence-electron chi connectivity index (χ4n) is 2.23. The fraction of sp³-hybridized carbons (Fsp3) is 0.250. The van der Waals surface area contributed by atoms with Crippen molar-refractivity contribution in [1.29, 1.82) is 0 Å². The molecule has 23 heavy (non-hydrogen) atoms. The number of rotatable bonds is 3. The normalized spacial score (nSPS) is 12.5. The summed E-state index contributed by atoms with van der Waals surface area (Å²) in [6.45, 7) is 0. The quantitative estimate of drug-likeness (QED) is 0.646. The molecule has 0 amide bonds. The maximum absolute atomic E-state index is 13.3. The van der Waals surface area contributed by atoms with Gasteiger partial charge in [0.05, 0.1) is 12.0 Å². The van der Waals surface area contributed by atoms with Crippen LogP contribution >= 0.6 is 0 Å². The molecular weight excluding hydrogens is 325 g/mol. The first kappa shape index (κ1) is 17.3. The topological polar surface area (TPSA) is 0 Å². The number of halogens is 7. The van der Waals surface area contributed by atoms with E-state index in [2.05, 4.69) is 0 Å². The molecule has 0 N–H and O–H groups in total. The first-order valence-corrected chi connectivity index (χ1v) is 6.54. The van der Waals surface area contributed by atoms with Gasteiger partial charge in [0, 0.05) is 0 Å². The molecule has 0 aliphatic rings. The summed E-state index contributed by atoms with van der Waals surface area (Å²) in [5.41, 5.74) is -0.701. The molecule has 0 nitrogen and oxygen atoms in total. The summed E-state index contributed by atoms with van der Waals surface area (Å²) >= 11 is 0. The van der Waals surface area contributed by atoms with Crippen LogP contribution in [0.2, 0.25) is 0 Å². The molecule has 0 bridgehead atoms. The van der Waals surface area contributed by atoms with Gasteiger partial charge in [0.25, 0.3) is 0 Å². The number of alkyl halides is 6. The van der Waals surface area contributed by atoms with Crippen LogP contribution in [0.1, 0.15) is 22.3 Å². The van der Waals surface area contributed by atoms with E-state index in [9.17, 15) is 30.7 Å². The van der Waals surface area contributed by atoms with Crippen molar-refractivity contribution in [2.24, 2.45) is 0 Å². The first-order chi connectivity index (χ1) is 10.5. The molecule has 0 saturated carbocycles. The highest BCUT2D eigenvalue weighted by atomic mass is 19.4. The van der Waals surface area contributed by atoms with E-state index in [-0.39, 0.29) is 17.5 Å². The summed E-state index contributed by atoms with van der Waals surface area (Å²) in [7, 11) is 0. The summed E-state index contributed by atoms with van der Waals surface area (Å²) in [6.07, 6.45) is -10.3. The van der Waals surface area contributed by atoms with E-state index in [4.69, 9.17) is 0 Å². The van der Waals surface area contributed by atoms with Crippen LogP contribution in [0.4, 0.5) is 30.7 Å². The van der Waals surface area contributed by atoms with Crippen molar-refractivity contribution in [3.05, 3.63) is 70.5 Å². The maximum atomic E-state index is 13.3. The Balaban J connectivity index is 2.26. The molecule has 0 radical (unpaired) electrons. The van der Waals surface area contributed by atoms with Gasteiger partial charge in [0.1, 0.15) is 5.82 Å². The van der Waals surface area contributed by atoms with E-state index in [1.807, 2.05) is 0 Å². The van der Waals surface area contributed by atoms with Crippen LogP contribution in [0.15, 0.2) is 42.5 Å². The van der Waals surface area contributed by atoms with E-state index in [0.717, 1.165) is 12.1 Å². The summed E-state index contributed by atoms with van der Waals surface area (Å²) < 4.78 is 88.3. The average molecular weight is 336 g/mol. The summed E-state index contributed by atoms with van der Waals surface area (Å²) in [5.74, 6) is -1.04. The van der Waals surface area contributed by atoms with Gasteiger partial charge >= 0.3 is 12.4 Å². The smallest absolute Gasteiger partial charge is 0.207 e. The monoisotopic (exact) mass is 336 g/mol. The average Bonchev–Trinajstić information content (AvgIpc) is 2.35. The lowest BCUT2D eigenvalue weighted by molar-refractivity contribution is -0.137. The molecule has 2 aromatic carbocycles. The van der Waals surface area contributed by atoms with E-state index >= 15 is 0 Å². The molecule has 0 saturated heterocycles. The predicted molar refractivity (Wildman–Crippen MR) is 70.4 cm³/mol. The number of hydrogen-bond acceptors (Lipinski definition) is 0. The maximum Gasteiger partial charge on any atom is 0.416 e. The Hall–Kier alpha value is -2.05. The van der Waals surface area contributed by atoms with Gasteiger partial charge in [-0.25, -0.2) is 4.39 Å². The second-order valence-corrected chi connectivity index (χ2v) is 5.13. The lowest BCUT2D eigenvalue weighted by Gasteiger charge is -2.11. The van der Waals surface area contributed by atoms with Gasteiger partial charge in [0.2, 0.25) is 0 Å². The molecule has 0 fully saturated rings. The first-order valence-electron chi connectivity index (χ1n) is 6.54. The van der Waals surface area contributed by atoms with Gasteiger partial charge in [-0.05, 0) is 41.3 Å². The minimum Gasteiger partial charge on any atom is -0.207 e. The van der Waals surface area contributed by atoms with Crippen molar-refractivity contribution < 1.29 is 30.7 Å². The Labute approximate surface area is 127 Å². The molecule has 2 rings (SSSR count).